The predicted molar refractivity (Wildman–Crippen MR) is 117 cm³/mol. The lowest BCUT2D eigenvalue weighted by molar-refractivity contribution is -0.123. The molecule has 31 heavy (non-hydrogen) atoms. The normalized spacial score (nSPS) is 18.6. The Hall–Kier alpha value is -2.64. The number of carbonyl (C=O) groups is 1. The number of hydrogen-bond donors (Lipinski definition) is 2. The molecule has 3 rings (SSSR count). The number of methoxy groups -OCH3 is 1. The zero-order valence-electron chi connectivity index (χ0n) is 17.9. The number of carbonyl (C=O) groups excluding carboxylic acids is 1. The van der Waals surface area contributed by atoms with Crippen molar-refractivity contribution < 1.29 is 23.8 Å². The molecule has 1 saturated carbocycles. The van der Waals surface area contributed by atoms with Crippen LogP contribution in [0.2, 0.25) is 0 Å². The van der Waals surface area contributed by atoms with Gasteiger partial charge in [0.25, 0.3) is 0 Å². The van der Waals surface area contributed by atoms with Crippen molar-refractivity contribution >= 4 is 5.91 Å². The molecule has 2 aromatic rings. The molecule has 2 N–H and O–H groups in total. The second-order valence-electron chi connectivity index (χ2n) is 7.87. The lowest BCUT2D eigenvalue weighted by atomic mass is 9.91. The van der Waals surface area contributed by atoms with Gasteiger partial charge in [0.2, 0.25) is 5.91 Å². The van der Waals surface area contributed by atoms with Gasteiger partial charge in [-0.1, -0.05) is 18.2 Å². The number of aliphatic hydroxyl groups excluding tert-OH is 1. The standard InChI is InChI=1S/C24H31FN2O4/c1-30-22-6-2-4-18(14-22)16-27(20-8-10-21(28)11-9-20)17-24(29)26-12-13-31-23-7-3-5-19(25)15-23/h2-7,14-15,20-21,28H,8-13,16-17H2,1H3,(H,26,29). The molecule has 168 valence electrons. The Bertz CT molecular complexity index is 840. The number of amides is 1. The minimum atomic E-state index is -0.354. The van der Waals surface area contributed by atoms with Gasteiger partial charge in [0, 0.05) is 18.7 Å². The Morgan fingerprint density at radius 3 is 2.61 bits per heavy atom. The first-order chi connectivity index (χ1) is 15.0. The van der Waals surface area contributed by atoms with Crippen molar-refractivity contribution in [2.24, 2.45) is 0 Å². The number of rotatable bonds is 10. The zero-order chi connectivity index (χ0) is 22.1. The fourth-order valence-electron chi connectivity index (χ4n) is 3.90. The van der Waals surface area contributed by atoms with Crippen molar-refractivity contribution in [2.45, 2.75) is 44.4 Å². The molecule has 0 spiro atoms. The summed E-state index contributed by atoms with van der Waals surface area (Å²) in [5.74, 6) is 0.786. The summed E-state index contributed by atoms with van der Waals surface area (Å²) in [6.45, 7) is 1.50. The molecule has 1 fully saturated rings. The quantitative estimate of drug-likeness (QED) is 0.567. The van der Waals surface area contributed by atoms with E-state index >= 15 is 0 Å². The molecule has 1 amide bonds. The molecule has 0 heterocycles. The second kappa shape index (κ2) is 11.7. The molecule has 6 nitrogen and oxygen atoms in total. The van der Waals surface area contributed by atoms with Crippen LogP contribution in [0.1, 0.15) is 31.2 Å². The first kappa shape index (κ1) is 23.0. The zero-order valence-corrected chi connectivity index (χ0v) is 17.9. The van der Waals surface area contributed by atoms with E-state index in [2.05, 4.69) is 10.2 Å². The first-order valence-electron chi connectivity index (χ1n) is 10.7. The molecular formula is C24H31FN2O4. The van der Waals surface area contributed by atoms with Gasteiger partial charge >= 0.3 is 0 Å². The van der Waals surface area contributed by atoms with E-state index in [1.807, 2.05) is 24.3 Å². The van der Waals surface area contributed by atoms with E-state index in [0.717, 1.165) is 37.0 Å². The summed E-state index contributed by atoms with van der Waals surface area (Å²) in [5, 5.41) is 12.7. The largest absolute Gasteiger partial charge is 0.497 e. The third kappa shape index (κ3) is 7.52. The summed E-state index contributed by atoms with van der Waals surface area (Å²) in [7, 11) is 1.64. The van der Waals surface area contributed by atoms with Crippen LogP contribution < -0.4 is 14.8 Å². The van der Waals surface area contributed by atoms with Crippen LogP contribution in [0.3, 0.4) is 0 Å². The summed E-state index contributed by atoms with van der Waals surface area (Å²) < 4.78 is 24.0. The maximum absolute atomic E-state index is 13.2. The Morgan fingerprint density at radius 2 is 1.87 bits per heavy atom. The van der Waals surface area contributed by atoms with E-state index in [-0.39, 0.29) is 37.0 Å². The van der Waals surface area contributed by atoms with Crippen LogP contribution in [0.25, 0.3) is 0 Å². The third-order valence-electron chi connectivity index (χ3n) is 5.54. The lowest BCUT2D eigenvalue weighted by Crippen LogP contribution is -2.45. The number of nitrogens with zero attached hydrogens (tertiary/aromatic N) is 1. The van der Waals surface area contributed by atoms with Crippen LogP contribution in [0.5, 0.6) is 11.5 Å². The number of halogens is 1. The molecule has 0 aromatic heterocycles. The van der Waals surface area contributed by atoms with Crippen LogP contribution >= 0.6 is 0 Å². The summed E-state index contributed by atoms with van der Waals surface area (Å²) >= 11 is 0. The van der Waals surface area contributed by atoms with Crippen molar-refractivity contribution in [1.82, 2.24) is 10.2 Å². The molecule has 0 unspecified atom stereocenters. The van der Waals surface area contributed by atoms with Gasteiger partial charge in [-0.2, -0.15) is 0 Å². The van der Waals surface area contributed by atoms with Gasteiger partial charge in [-0.15, -0.1) is 0 Å². The van der Waals surface area contributed by atoms with E-state index in [9.17, 15) is 14.3 Å². The first-order valence-corrected chi connectivity index (χ1v) is 10.7. The highest BCUT2D eigenvalue weighted by Crippen LogP contribution is 2.25. The number of hydrogen-bond acceptors (Lipinski definition) is 5. The molecule has 7 heteroatoms. The van der Waals surface area contributed by atoms with E-state index in [0.29, 0.717) is 18.8 Å². The maximum Gasteiger partial charge on any atom is 0.234 e. The van der Waals surface area contributed by atoms with Crippen LogP contribution in [0.15, 0.2) is 48.5 Å². The number of aliphatic hydroxyl groups is 1. The van der Waals surface area contributed by atoms with E-state index in [1.54, 1.807) is 19.2 Å². The van der Waals surface area contributed by atoms with Crippen LogP contribution in [-0.2, 0) is 11.3 Å². The Balaban J connectivity index is 1.53. The Morgan fingerprint density at radius 1 is 1.13 bits per heavy atom. The van der Waals surface area contributed by atoms with Gasteiger partial charge in [0.1, 0.15) is 23.9 Å². The molecule has 1 aliphatic carbocycles. The molecule has 2 aromatic carbocycles. The SMILES string of the molecule is COc1cccc(CN(CC(=O)NCCOc2cccc(F)c2)C2CCC(O)CC2)c1. The minimum absolute atomic E-state index is 0.0862. The number of ether oxygens (including phenoxy) is 2. The van der Waals surface area contributed by atoms with Crippen molar-refractivity contribution in [2.75, 3.05) is 26.8 Å². The van der Waals surface area contributed by atoms with E-state index in [1.165, 1.54) is 12.1 Å². The van der Waals surface area contributed by atoms with Crippen molar-refractivity contribution in [1.29, 1.82) is 0 Å². The van der Waals surface area contributed by atoms with Gasteiger partial charge in [-0.3, -0.25) is 9.69 Å². The van der Waals surface area contributed by atoms with Gasteiger partial charge in [0.05, 0.1) is 26.3 Å². The van der Waals surface area contributed by atoms with Crippen molar-refractivity contribution in [3.05, 3.63) is 59.9 Å². The van der Waals surface area contributed by atoms with Gasteiger partial charge in [-0.05, 0) is 55.5 Å². The summed E-state index contributed by atoms with van der Waals surface area (Å²) in [6.07, 6.45) is 2.98. The Labute approximate surface area is 183 Å². The molecule has 1 aliphatic rings. The minimum Gasteiger partial charge on any atom is -0.497 e. The van der Waals surface area contributed by atoms with Gasteiger partial charge < -0.3 is 19.9 Å². The average Bonchev–Trinajstić information content (AvgIpc) is 2.77. The van der Waals surface area contributed by atoms with E-state index in [4.69, 9.17) is 9.47 Å². The highest BCUT2D eigenvalue weighted by atomic mass is 19.1. The smallest absolute Gasteiger partial charge is 0.234 e. The van der Waals surface area contributed by atoms with Crippen LogP contribution in [0.4, 0.5) is 4.39 Å². The van der Waals surface area contributed by atoms with Crippen molar-refractivity contribution in [3.63, 3.8) is 0 Å². The van der Waals surface area contributed by atoms with Crippen LogP contribution in [0, 0.1) is 5.82 Å². The number of benzene rings is 2. The monoisotopic (exact) mass is 430 g/mol. The summed E-state index contributed by atoms with van der Waals surface area (Å²) in [4.78, 5) is 14.8. The van der Waals surface area contributed by atoms with Crippen LogP contribution in [-0.4, -0.2) is 54.9 Å². The average molecular weight is 431 g/mol. The Kier molecular flexibility index (Phi) is 8.67. The molecule has 0 aliphatic heterocycles. The summed E-state index contributed by atoms with van der Waals surface area (Å²) in [6, 6.07) is 14.0. The van der Waals surface area contributed by atoms with E-state index < -0.39 is 0 Å². The molecule has 0 bridgehead atoms. The second-order valence-corrected chi connectivity index (χ2v) is 7.87. The molecular weight excluding hydrogens is 399 g/mol. The highest BCUT2D eigenvalue weighted by Gasteiger charge is 2.26. The maximum atomic E-state index is 13.2. The number of nitrogens with one attached hydrogen (secondary N) is 1. The fourth-order valence-corrected chi connectivity index (χ4v) is 3.90. The summed E-state index contributed by atoms with van der Waals surface area (Å²) in [5.41, 5.74) is 1.08. The predicted octanol–water partition coefficient (Wildman–Crippen LogP) is 3.14. The van der Waals surface area contributed by atoms with Crippen molar-refractivity contribution in [3.8, 4) is 11.5 Å². The topological polar surface area (TPSA) is 71.0 Å². The lowest BCUT2D eigenvalue weighted by Gasteiger charge is -2.35. The molecule has 0 atom stereocenters. The highest BCUT2D eigenvalue weighted by molar-refractivity contribution is 5.78. The van der Waals surface area contributed by atoms with Gasteiger partial charge in [-0.25, -0.2) is 4.39 Å². The fraction of sp³-hybridized carbons (Fsp3) is 0.458. The molecule has 0 radical (unpaired) electrons. The van der Waals surface area contributed by atoms with Gasteiger partial charge in [0.15, 0.2) is 0 Å². The third-order valence-corrected chi connectivity index (χ3v) is 5.54. The molecule has 0 saturated heterocycles.